The number of aromatic nitrogens is 1. The Balaban J connectivity index is 1.78. The second kappa shape index (κ2) is 11.7. The fourth-order valence-electron chi connectivity index (χ4n) is 5.31. The van der Waals surface area contributed by atoms with Crippen LogP contribution >= 0.6 is 11.6 Å². The van der Waals surface area contributed by atoms with Gasteiger partial charge in [0.15, 0.2) is 0 Å². The van der Waals surface area contributed by atoms with E-state index in [2.05, 4.69) is 25.9 Å². The summed E-state index contributed by atoms with van der Waals surface area (Å²) in [4.78, 5) is 24.3. The number of carbonyl (C=O) groups is 2. The highest BCUT2D eigenvalue weighted by Crippen LogP contribution is 2.48. The highest BCUT2D eigenvalue weighted by molar-refractivity contribution is 6.31. The molecule has 1 aliphatic rings. The standard InChI is InChI=1S/C28H38ClNO5/c1-17-5-6-19(24(29)11-17)14-22(32)15-20(7-8-25(33)34)26-23(9-10-31)27(35-30-26)21-12-18(13-21)16-28(2,3)4/h5-6,11,18,20-21,31H,7-10,12-16H2,1-4H3,(H,33,34)/t18?,20-,21?/m0/s1. The predicted octanol–water partition coefficient (Wildman–Crippen LogP) is 6.25. The minimum atomic E-state index is -0.916. The zero-order chi connectivity index (χ0) is 25.8. The molecular weight excluding hydrogens is 466 g/mol. The molecule has 1 aromatic carbocycles. The third-order valence-electron chi connectivity index (χ3n) is 6.88. The molecule has 0 amide bonds. The smallest absolute Gasteiger partial charge is 0.303 e. The summed E-state index contributed by atoms with van der Waals surface area (Å²) in [6, 6.07) is 5.61. The number of carboxylic acid groups (broad SMARTS) is 1. The molecule has 1 aliphatic carbocycles. The Kier molecular flexibility index (Phi) is 9.16. The SMILES string of the molecule is Cc1ccc(CC(=O)C[C@H](CCC(=O)O)c2noc(C3CC(CC(C)(C)C)C3)c2CCO)c(Cl)c1. The van der Waals surface area contributed by atoms with E-state index in [1.165, 1.54) is 0 Å². The van der Waals surface area contributed by atoms with Gasteiger partial charge in [-0.25, -0.2) is 0 Å². The van der Waals surface area contributed by atoms with Gasteiger partial charge >= 0.3 is 5.97 Å². The molecule has 1 fully saturated rings. The number of nitrogens with zero attached hydrogens (tertiary/aromatic N) is 1. The number of aliphatic hydroxyl groups excluding tert-OH is 1. The quantitative estimate of drug-likeness (QED) is 0.355. The van der Waals surface area contributed by atoms with Crippen molar-refractivity contribution in [2.75, 3.05) is 6.61 Å². The lowest BCUT2D eigenvalue weighted by Gasteiger charge is -2.38. The molecule has 1 saturated carbocycles. The van der Waals surface area contributed by atoms with E-state index in [9.17, 15) is 19.8 Å². The molecule has 0 radical (unpaired) electrons. The third-order valence-corrected chi connectivity index (χ3v) is 7.23. The number of aryl methyl sites for hydroxylation is 1. The molecule has 35 heavy (non-hydrogen) atoms. The minimum absolute atomic E-state index is 0.0282. The van der Waals surface area contributed by atoms with Crippen molar-refractivity contribution < 1.29 is 24.3 Å². The first kappa shape index (κ1) is 27.4. The summed E-state index contributed by atoms with van der Waals surface area (Å²) >= 11 is 6.32. The van der Waals surface area contributed by atoms with Crippen LogP contribution in [0.3, 0.4) is 0 Å². The number of carboxylic acids is 1. The van der Waals surface area contributed by atoms with Gasteiger partial charge in [0, 0.05) is 54.7 Å². The Morgan fingerprint density at radius 3 is 2.57 bits per heavy atom. The largest absolute Gasteiger partial charge is 0.481 e. The van der Waals surface area contributed by atoms with Crippen LogP contribution in [0.1, 0.15) is 99.3 Å². The number of hydrogen-bond donors (Lipinski definition) is 2. The number of Topliss-reactive ketones (excluding diaryl/α,β-unsaturated/α-hetero) is 1. The van der Waals surface area contributed by atoms with Gasteiger partial charge < -0.3 is 14.7 Å². The van der Waals surface area contributed by atoms with E-state index >= 15 is 0 Å². The molecule has 6 nitrogen and oxygen atoms in total. The first-order valence-corrected chi connectivity index (χ1v) is 12.9. The zero-order valence-corrected chi connectivity index (χ0v) is 22.0. The van der Waals surface area contributed by atoms with Crippen LogP contribution in [-0.4, -0.2) is 33.7 Å². The summed E-state index contributed by atoms with van der Waals surface area (Å²) in [5, 5.41) is 23.9. The van der Waals surface area contributed by atoms with Crippen LogP contribution in [0.25, 0.3) is 0 Å². The zero-order valence-electron chi connectivity index (χ0n) is 21.3. The lowest BCUT2D eigenvalue weighted by molar-refractivity contribution is -0.137. The van der Waals surface area contributed by atoms with Crippen LogP contribution in [0.5, 0.6) is 0 Å². The Bertz CT molecular complexity index is 1030. The fraction of sp³-hybridized carbons (Fsp3) is 0.607. The molecule has 192 valence electrons. The minimum Gasteiger partial charge on any atom is -0.481 e. The molecule has 3 rings (SSSR count). The average Bonchev–Trinajstić information content (AvgIpc) is 3.12. The summed E-state index contributed by atoms with van der Waals surface area (Å²) in [6.45, 7) is 8.63. The number of benzene rings is 1. The fourth-order valence-corrected chi connectivity index (χ4v) is 5.61. The van der Waals surface area contributed by atoms with Crippen LogP contribution in [0.2, 0.25) is 5.02 Å². The van der Waals surface area contributed by atoms with Gasteiger partial charge in [-0.3, -0.25) is 9.59 Å². The highest BCUT2D eigenvalue weighted by Gasteiger charge is 2.38. The van der Waals surface area contributed by atoms with Crippen molar-refractivity contribution in [2.24, 2.45) is 11.3 Å². The van der Waals surface area contributed by atoms with E-state index in [0.29, 0.717) is 23.1 Å². The first-order chi connectivity index (χ1) is 16.5. The van der Waals surface area contributed by atoms with E-state index in [-0.39, 0.29) is 55.3 Å². The first-order valence-electron chi connectivity index (χ1n) is 12.5. The number of rotatable bonds is 12. The molecule has 7 heteroatoms. The summed E-state index contributed by atoms with van der Waals surface area (Å²) in [5.41, 5.74) is 3.53. The van der Waals surface area contributed by atoms with Crippen molar-refractivity contribution in [1.82, 2.24) is 5.16 Å². The maximum Gasteiger partial charge on any atom is 0.303 e. The van der Waals surface area contributed by atoms with E-state index in [0.717, 1.165) is 41.7 Å². The van der Waals surface area contributed by atoms with Crippen molar-refractivity contribution in [1.29, 1.82) is 0 Å². The topological polar surface area (TPSA) is 101 Å². The molecule has 0 unspecified atom stereocenters. The monoisotopic (exact) mass is 503 g/mol. The average molecular weight is 504 g/mol. The van der Waals surface area contributed by atoms with Crippen molar-refractivity contribution in [3.05, 3.63) is 51.4 Å². The highest BCUT2D eigenvalue weighted by atomic mass is 35.5. The van der Waals surface area contributed by atoms with Gasteiger partial charge in [-0.15, -0.1) is 0 Å². The normalized spacial score (nSPS) is 18.8. The van der Waals surface area contributed by atoms with E-state index in [4.69, 9.17) is 16.1 Å². The molecule has 0 aliphatic heterocycles. The number of aliphatic hydroxyl groups is 1. The third kappa shape index (κ3) is 7.65. The van der Waals surface area contributed by atoms with Gasteiger partial charge in [0.05, 0.1) is 5.69 Å². The maximum absolute atomic E-state index is 13.0. The summed E-state index contributed by atoms with van der Waals surface area (Å²) in [5.74, 6) is 0.368. The summed E-state index contributed by atoms with van der Waals surface area (Å²) in [6.07, 6.45) is 4.13. The Morgan fingerprint density at radius 1 is 1.26 bits per heavy atom. The van der Waals surface area contributed by atoms with Gasteiger partial charge in [-0.1, -0.05) is 49.7 Å². The lowest BCUT2D eigenvalue weighted by atomic mass is 9.67. The van der Waals surface area contributed by atoms with Crippen LogP contribution in [0.15, 0.2) is 22.7 Å². The van der Waals surface area contributed by atoms with Crippen molar-refractivity contribution in [3.8, 4) is 0 Å². The summed E-state index contributed by atoms with van der Waals surface area (Å²) in [7, 11) is 0. The van der Waals surface area contributed by atoms with Gasteiger partial charge in [-0.05, 0) is 61.1 Å². The van der Waals surface area contributed by atoms with Crippen LogP contribution in [-0.2, 0) is 22.4 Å². The van der Waals surface area contributed by atoms with E-state index in [1.54, 1.807) is 0 Å². The molecule has 0 spiro atoms. The number of ketones is 1. The molecular formula is C28H38ClNO5. The molecule has 1 heterocycles. The van der Waals surface area contributed by atoms with Gasteiger partial charge in [0.2, 0.25) is 0 Å². The summed E-state index contributed by atoms with van der Waals surface area (Å²) < 4.78 is 5.81. The van der Waals surface area contributed by atoms with Gasteiger partial charge in [0.1, 0.15) is 11.5 Å². The second-order valence-electron chi connectivity index (χ2n) is 11.3. The van der Waals surface area contributed by atoms with Crippen LogP contribution < -0.4 is 0 Å². The Hall–Kier alpha value is -2.18. The Labute approximate surface area is 213 Å². The van der Waals surface area contributed by atoms with Gasteiger partial charge in [0.25, 0.3) is 0 Å². The number of carbonyl (C=O) groups excluding carboxylic acids is 1. The maximum atomic E-state index is 13.0. The van der Waals surface area contributed by atoms with Gasteiger partial charge in [-0.2, -0.15) is 0 Å². The molecule has 0 bridgehead atoms. The number of halogens is 1. The molecule has 1 atom stereocenters. The predicted molar refractivity (Wildman–Crippen MR) is 136 cm³/mol. The molecule has 1 aromatic heterocycles. The molecule has 0 saturated heterocycles. The molecule has 2 N–H and O–H groups in total. The lowest BCUT2D eigenvalue weighted by Crippen LogP contribution is -2.26. The van der Waals surface area contributed by atoms with Crippen molar-refractivity contribution in [2.45, 2.75) is 90.9 Å². The van der Waals surface area contributed by atoms with Crippen molar-refractivity contribution >= 4 is 23.4 Å². The second-order valence-corrected chi connectivity index (χ2v) is 11.7. The molecule has 2 aromatic rings. The Morgan fingerprint density at radius 2 is 1.97 bits per heavy atom. The van der Waals surface area contributed by atoms with E-state index < -0.39 is 5.97 Å². The van der Waals surface area contributed by atoms with Crippen LogP contribution in [0, 0.1) is 18.3 Å². The number of aliphatic carboxylic acids is 1. The number of hydrogen-bond acceptors (Lipinski definition) is 5. The van der Waals surface area contributed by atoms with E-state index in [1.807, 2.05) is 25.1 Å². The van der Waals surface area contributed by atoms with Crippen LogP contribution in [0.4, 0.5) is 0 Å². The van der Waals surface area contributed by atoms with Crippen molar-refractivity contribution in [3.63, 3.8) is 0 Å².